The van der Waals surface area contributed by atoms with Gasteiger partial charge in [-0.15, -0.1) is 0 Å². The van der Waals surface area contributed by atoms with Crippen LogP contribution in [0.4, 0.5) is 0 Å². The molecule has 110 valence electrons. The van der Waals surface area contributed by atoms with E-state index >= 15 is 0 Å². The number of carbonyl (C=O) groups excluding carboxylic acids is 1. The molecule has 0 saturated heterocycles. The minimum Gasteiger partial charge on any atom is -0.368 e. The summed E-state index contributed by atoms with van der Waals surface area (Å²) in [4.78, 5) is 13.9. The van der Waals surface area contributed by atoms with Crippen molar-refractivity contribution in [3.63, 3.8) is 0 Å². The summed E-state index contributed by atoms with van der Waals surface area (Å²) in [5.41, 5.74) is 7.95. The molecule has 2 aromatic carbocycles. The number of hydrogen-bond acceptors (Lipinski definition) is 2. The van der Waals surface area contributed by atoms with Crippen molar-refractivity contribution in [2.45, 2.75) is 32.5 Å². The molecule has 0 aromatic heterocycles. The number of rotatable bonds is 7. The maximum Gasteiger partial charge on any atom is 0.234 e. The van der Waals surface area contributed by atoms with Gasteiger partial charge in [0, 0.05) is 13.1 Å². The summed E-state index contributed by atoms with van der Waals surface area (Å²) in [7, 11) is 0. The minimum absolute atomic E-state index is 0.245. The molecule has 0 radical (unpaired) electrons. The van der Waals surface area contributed by atoms with Crippen LogP contribution >= 0.6 is 0 Å². The van der Waals surface area contributed by atoms with Gasteiger partial charge >= 0.3 is 0 Å². The SMILES string of the molecule is CCC(C(N)=O)N(Cc1ccccc1)Cc1ccccc1. The highest BCUT2D eigenvalue weighted by atomic mass is 16.1. The highest BCUT2D eigenvalue weighted by molar-refractivity contribution is 5.79. The number of nitrogens with two attached hydrogens (primary N) is 1. The van der Waals surface area contributed by atoms with Crippen LogP contribution in [0.2, 0.25) is 0 Å². The summed E-state index contributed by atoms with van der Waals surface area (Å²) in [5, 5.41) is 0. The van der Waals surface area contributed by atoms with Crippen molar-refractivity contribution in [3.05, 3.63) is 71.8 Å². The molecular weight excluding hydrogens is 260 g/mol. The first kappa shape index (κ1) is 15.3. The van der Waals surface area contributed by atoms with E-state index in [2.05, 4.69) is 29.2 Å². The first-order chi connectivity index (χ1) is 10.2. The van der Waals surface area contributed by atoms with Crippen LogP contribution in [0.25, 0.3) is 0 Å². The lowest BCUT2D eigenvalue weighted by molar-refractivity contribution is -0.123. The Balaban J connectivity index is 2.19. The Labute approximate surface area is 126 Å². The van der Waals surface area contributed by atoms with Crippen molar-refractivity contribution < 1.29 is 4.79 Å². The number of carbonyl (C=O) groups is 1. The Bertz CT molecular complexity index is 512. The van der Waals surface area contributed by atoms with Crippen molar-refractivity contribution >= 4 is 5.91 Å². The average Bonchev–Trinajstić information content (AvgIpc) is 2.49. The van der Waals surface area contributed by atoms with E-state index in [4.69, 9.17) is 5.73 Å². The summed E-state index contributed by atoms with van der Waals surface area (Å²) < 4.78 is 0. The molecule has 0 bridgehead atoms. The number of benzene rings is 2. The summed E-state index contributed by atoms with van der Waals surface area (Å²) >= 11 is 0. The molecule has 2 aromatic rings. The molecule has 1 amide bonds. The van der Waals surface area contributed by atoms with E-state index in [-0.39, 0.29) is 11.9 Å². The Kier molecular flexibility index (Phi) is 5.52. The molecular formula is C18H22N2O. The van der Waals surface area contributed by atoms with Crippen LogP contribution in [0, 0.1) is 0 Å². The van der Waals surface area contributed by atoms with Crippen molar-refractivity contribution in [1.82, 2.24) is 4.90 Å². The minimum atomic E-state index is -0.260. The van der Waals surface area contributed by atoms with Gasteiger partial charge in [0.05, 0.1) is 6.04 Å². The summed E-state index contributed by atoms with van der Waals surface area (Å²) in [5.74, 6) is -0.260. The van der Waals surface area contributed by atoms with Gasteiger partial charge in [-0.05, 0) is 17.5 Å². The summed E-state index contributed by atoms with van der Waals surface area (Å²) in [6.07, 6.45) is 0.717. The molecule has 1 atom stereocenters. The van der Waals surface area contributed by atoms with Crippen LogP contribution in [-0.4, -0.2) is 16.8 Å². The second-order valence-corrected chi connectivity index (χ2v) is 5.20. The molecule has 3 heteroatoms. The van der Waals surface area contributed by atoms with Gasteiger partial charge in [-0.2, -0.15) is 0 Å². The molecule has 1 unspecified atom stereocenters. The van der Waals surface area contributed by atoms with Crippen LogP contribution < -0.4 is 5.73 Å². The molecule has 0 aliphatic rings. The van der Waals surface area contributed by atoms with E-state index in [0.29, 0.717) is 0 Å². The van der Waals surface area contributed by atoms with Crippen molar-refractivity contribution in [2.75, 3.05) is 0 Å². The third kappa shape index (κ3) is 4.43. The van der Waals surface area contributed by atoms with Gasteiger partial charge in [0.1, 0.15) is 0 Å². The van der Waals surface area contributed by atoms with Crippen LogP contribution in [0.3, 0.4) is 0 Å². The molecule has 2 N–H and O–H groups in total. The van der Waals surface area contributed by atoms with Crippen LogP contribution in [0.1, 0.15) is 24.5 Å². The van der Waals surface area contributed by atoms with Crippen molar-refractivity contribution in [2.24, 2.45) is 5.73 Å². The van der Waals surface area contributed by atoms with Gasteiger partial charge in [0.2, 0.25) is 5.91 Å². The highest BCUT2D eigenvalue weighted by Crippen LogP contribution is 2.15. The Morgan fingerprint density at radius 2 is 1.38 bits per heavy atom. The number of hydrogen-bond donors (Lipinski definition) is 1. The largest absolute Gasteiger partial charge is 0.368 e. The molecule has 0 saturated carbocycles. The summed E-state index contributed by atoms with van der Waals surface area (Å²) in [6.45, 7) is 3.44. The molecule has 2 rings (SSSR count). The zero-order chi connectivity index (χ0) is 15.1. The fourth-order valence-electron chi connectivity index (χ4n) is 2.55. The monoisotopic (exact) mass is 282 g/mol. The maximum atomic E-state index is 11.7. The van der Waals surface area contributed by atoms with Gasteiger partial charge < -0.3 is 5.73 Å². The Morgan fingerprint density at radius 1 is 0.952 bits per heavy atom. The summed E-state index contributed by atoms with van der Waals surface area (Å²) in [6, 6.07) is 20.1. The number of amides is 1. The fraction of sp³-hybridized carbons (Fsp3) is 0.278. The first-order valence-electron chi connectivity index (χ1n) is 7.32. The van der Waals surface area contributed by atoms with Gasteiger partial charge in [-0.1, -0.05) is 67.6 Å². The lowest BCUT2D eigenvalue weighted by atomic mass is 10.1. The third-order valence-electron chi connectivity index (χ3n) is 3.61. The third-order valence-corrected chi connectivity index (χ3v) is 3.61. The lowest BCUT2D eigenvalue weighted by Gasteiger charge is -2.29. The van der Waals surface area contributed by atoms with E-state index in [1.165, 1.54) is 11.1 Å². The van der Waals surface area contributed by atoms with E-state index in [1.807, 2.05) is 43.3 Å². The van der Waals surface area contributed by atoms with Crippen LogP contribution in [0.15, 0.2) is 60.7 Å². The molecule has 0 aliphatic heterocycles. The van der Waals surface area contributed by atoms with Gasteiger partial charge in [-0.25, -0.2) is 0 Å². The quantitative estimate of drug-likeness (QED) is 0.848. The maximum absolute atomic E-state index is 11.7. The molecule has 21 heavy (non-hydrogen) atoms. The molecule has 0 fully saturated rings. The Hall–Kier alpha value is -2.13. The zero-order valence-corrected chi connectivity index (χ0v) is 12.4. The van der Waals surface area contributed by atoms with E-state index in [0.717, 1.165) is 19.5 Å². The van der Waals surface area contributed by atoms with Crippen LogP contribution in [-0.2, 0) is 17.9 Å². The van der Waals surface area contributed by atoms with Crippen molar-refractivity contribution in [3.8, 4) is 0 Å². The van der Waals surface area contributed by atoms with E-state index in [9.17, 15) is 4.79 Å². The topological polar surface area (TPSA) is 46.3 Å². The number of nitrogens with zero attached hydrogens (tertiary/aromatic N) is 1. The molecule has 0 heterocycles. The predicted molar refractivity (Wildman–Crippen MR) is 85.4 cm³/mol. The molecule has 0 spiro atoms. The molecule has 0 aliphatic carbocycles. The van der Waals surface area contributed by atoms with E-state index in [1.54, 1.807) is 0 Å². The van der Waals surface area contributed by atoms with Crippen molar-refractivity contribution in [1.29, 1.82) is 0 Å². The normalized spacial score (nSPS) is 12.3. The predicted octanol–water partition coefficient (Wildman–Crippen LogP) is 2.95. The van der Waals surface area contributed by atoms with Gasteiger partial charge in [0.15, 0.2) is 0 Å². The molecule has 3 nitrogen and oxygen atoms in total. The van der Waals surface area contributed by atoms with Crippen LogP contribution in [0.5, 0.6) is 0 Å². The second kappa shape index (κ2) is 7.60. The Morgan fingerprint density at radius 3 is 1.71 bits per heavy atom. The van der Waals surface area contributed by atoms with Gasteiger partial charge in [0.25, 0.3) is 0 Å². The fourth-order valence-corrected chi connectivity index (χ4v) is 2.55. The van der Waals surface area contributed by atoms with E-state index < -0.39 is 0 Å². The average molecular weight is 282 g/mol. The highest BCUT2D eigenvalue weighted by Gasteiger charge is 2.22. The standard InChI is InChI=1S/C18H22N2O/c1-2-17(18(19)21)20(13-15-9-5-3-6-10-15)14-16-11-7-4-8-12-16/h3-12,17H,2,13-14H2,1H3,(H2,19,21). The second-order valence-electron chi connectivity index (χ2n) is 5.20. The number of primary amides is 1. The first-order valence-corrected chi connectivity index (χ1v) is 7.32. The lowest BCUT2D eigenvalue weighted by Crippen LogP contribution is -2.43. The smallest absolute Gasteiger partial charge is 0.234 e. The zero-order valence-electron chi connectivity index (χ0n) is 12.4. The van der Waals surface area contributed by atoms with Gasteiger partial charge in [-0.3, -0.25) is 9.69 Å².